The molecule has 2 nitrogen and oxygen atoms in total. The quantitative estimate of drug-likeness (QED) is 0.703. The maximum atomic E-state index is 9.76. The van der Waals surface area contributed by atoms with Gasteiger partial charge in [-0.3, -0.25) is 0 Å². The summed E-state index contributed by atoms with van der Waals surface area (Å²) in [6, 6.07) is 11.9. The van der Waals surface area contributed by atoms with E-state index in [1.54, 1.807) is 17.4 Å². The Balaban J connectivity index is 2.16. The lowest BCUT2D eigenvalue weighted by molar-refractivity contribution is 0.471. The summed E-state index contributed by atoms with van der Waals surface area (Å²) in [5.41, 5.74) is 4.11. The van der Waals surface area contributed by atoms with Gasteiger partial charge in [-0.25, -0.2) is 4.98 Å². The number of rotatable bonds is 1. The van der Waals surface area contributed by atoms with Crippen LogP contribution in [0.5, 0.6) is 5.75 Å². The third-order valence-corrected chi connectivity index (χ3v) is 4.07. The van der Waals surface area contributed by atoms with Gasteiger partial charge < -0.3 is 5.11 Å². The second-order valence-corrected chi connectivity index (χ2v) is 5.52. The zero-order valence-electron chi connectivity index (χ0n) is 10.3. The Morgan fingerprint density at radius 3 is 2.67 bits per heavy atom. The van der Waals surface area contributed by atoms with Crippen molar-refractivity contribution >= 4 is 21.6 Å². The molecule has 0 aliphatic carbocycles. The molecule has 0 saturated heterocycles. The Morgan fingerprint density at radius 1 is 1.06 bits per heavy atom. The number of aromatic nitrogens is 1. The predicted octanol–water partition coefficient (Wildman–Crippen LogP) is 4.29. The van der Waals surface area contributed by atoms with Crippen molar-refractivity contribution in [2.45, 2.75) is 13.8 Å². The Hall–Kier alpha value is -1.87. The average molecular weight is 255 g/mol. The molecular weight excluding hydrogens is 242 g/mol. The van der Waals surface area contributed by atoms with E-state index in [1.165, 1.54) is 10.3 Å². The summed E-state index contributed by atoms with van der Waals surface area (Å²) in [7, 11) is 0. The van der Waals surface area contributed by atoms with Crippen molar-refractivity contribution in [3.63, 3.8) is 0 Å². The number of phenols is 1. The van der Waals surface area contributed by atoms with Crippen molar-refractivity contribution in [1.82, 2.24) is 4.98 Å². The van der Waals surface area contributed by atoms with Gasteiger partial charge in [-0.2, -0.15) is 0 Å². The highest BCUT2D eigenvalue weighted by atomic mass is 32.1. The van der Waals surface area contributed by atoms with Gasteiger partial charge in [-0.15, -0.1) is 11.3 Å². The molecule has 1 aromatic heterocycles. The first kappa shape index (κ1) is 11.2. The molecule has 0 amide bonds. The largest absolute Gasteiger partial charge is 0.508 e. The van der Waals surface area contributed by atoms with Crippen LogP contribution in [0.25, 0.3) is 20.8 Å². The second kappa shape index (κ2) is 4.10. The minimum atomic E-state index is 0.322. The molecule has 0 saturated carbocycles. The first-order chi connectivity index (χ1) is 8.63. The van der Waals surface area contributed by atoms with E-state index in [9.17, 15) is 5.11 Å². The Morgan fingerprint density at radius 2 is 1.89 bits per heavy atom. The number of hydrogen-bond acceptors (Lipinski definition) is 3. The fraction of sp³-hybridized carbons (Fsp3) is 0.133. The summed E-state index contributed by atoms with van der Waals surface area (Å²) >= 11 is 1.66. The van der Waals surface area contributed by atoms with Crippen molar-refractivity contribution in [2.24, 2.45) is 0 Å². The van der Waals surface area contributed by atoms with Gasteiger partial charge in [-0.1, -0.05) is 18.2 Å². The maximum Gasteiger partial charge on any atom is 0.124 e. The third-order valence-electron chi connectivity index (χ3n) is 3.00. The van der Waals surface area contributed by atoms with E-state index in [0.29, 0.717) is 5.75 Å². The van der Waals surface area contributed by atoms with E-state index in [4.69, 9.17) is 0 Å². The molecule has 0 aliphatic heterocycles. The van der Waals surface area contributed by atoms with Gasteiger partial charge in [0.25, 0.3) is 0 Å². The van der Waals surface area contributed by atoms with E-state index in [-0.39, 0.29) is 0 Å². The molecule has 2 aromatic carbocycles. The highest BCUT2D eigenvalue weighted by molar-refractivity contribution is 7.21. The van der Waals surface area contributed by atoms with Crippen molar-refractivity contribution in [3.05, 3.63) is 47.5 Å². The Kier molecular flexibility index (Phi) is 2.56. The topological polar surface area (TPSA) is 33.1 Å². The van der Waals surface area contributed by atoms with E-state index in [0.717, 1.165) is 21.7 Å². The number of phenolic OH excluding ortho intramolecular Hbond substituents is 1. The van der Waals surface area contributed by atoms with Crippen LogP contribution in [0.3, 0.4) is 0 Å². The van der Waals surface area contributed by atoms with E-state index in [1.807, 2.05) is 25.1 Å². The first-order valence-corrected chi connectivity index (χ1v) is 6.62. The Bertz CT molecular complexity index is 730. The normalized spacial score (nSPS) is 11.0. The molecule has 0 aliphatic rings. The van der Waals surface area contributed by atoms with Crippen LogP contribution < -0.4 is 0 Å². The standard InChI is InChI=1S/C15H13NOS/c1-9-3-6-12-14(7-9)18-15(16-12)11-5-4-10(2)13(17)8-11/h3-8,17H,1-2H3. The number of aromatic hydroxyl groups is 1. The first-order valence-electron chi connectivity index (χ1n) is 5.81. The minimum Gasteiger partial charge on any atom is -0.508 e. The average Bonchev–Trinajstić information content (AvgIpc) is 2.75. The zero-order valence-corrected chi connectivity index (χ0v) is 11.1. The lowest BCUT2D eigenvalue weighted by Gasteiger charge is -2.00. The highest BCUT2D eigenvalue weighted by Gasteiger charge is 2.07. The van der Waals surface area contributed by atoms with Crippen LogP contribution in [-0.4, -0.2) is 10.1 Å². The number of benzene rings is 2. The molecule has 1 heterocycles. The van der Waals surface area contributed by atoms with Gasteiger partial charge in [0.1, 0.15) is 10.8 Å². The van der Waals surface area contributed by atoms with E-state index >= 15 is 0 Å². The maximum absolute atomic E-state index is 9.76. The van der Waals surface area contributed by atoms with Crippen LogP contribution in [0.1, 0.15) is 11.1 Å². The summed E-state index contributed by atoms with van der Waals surface area (Å²) in [6.07, 6.45) is 0. The molecule has 18 heavy (non-hydrogen) atoms. The number of nitrogens with zero attached hydrogens (tertiary/aromatic N) is 1. The van der Waals surface area contributed by atoms with Crippen molar-refractivity contribution in [3.8, 4) is 16.3 Å². The molecule has 1 N–H and O–H groups in total. The van der Waals surface area contributed by atoms with Gasteiger partial charge in [0.15, 0.2) is 0 Å². The van der Waals surface area contributed by atoms with Crippen molar-refractivity contribution in [1.29, 1.82) is 0 Å². The summed E-state index contributed by atoms with van der Waals surface area (Å²) in [4.78, 5) is 4.60. The van der Waals surface area contributed by atoms with Crippen LogP contribution in [-0.2, 0) is 0 Å². The molecule has 3 rings (SSSR count). The molecule has 0 radical (unpaired) electrons. The second-order valence-electron chi connectivity index (χ2n) is 4.49. The van der Waals surface area contributed by atoms with Gasteiger partial charge in [0.2, 0.25) is 0 Å². The van der Waals surface area contributed by atoms with E-state index in [2.05, 4.69) is 24.0 Å². The molecule has 3 heteroatoms. The molecule has 3 aromatic rings. The molecular formula is C15H13NOS. The third kappa shape index (κ3) is 1.87. The summed E-state index contributed by atoms with van der Waals surface area (Å²) in [5, 5.41) is 10.7. The number of hydrogen-bond donors (Lipinski definition) is 1. The summed E-state index contributed by atoms with van der Waals surface area (Å²) in [5.74, 6) is 0.322. The SMILES string of the molecule is Cc1ccc2nc(-c3ccc(C)c(O)c3)sc2c1. The summed E-state index contributed by atoms with van der Waals surface area (Å²) < 4.78 is 1.19. The molecule has 0 bridgehead atoms. The summed E-state index contributed by atoms with van der Waals surface area (Å²) in [6.45, 7) is 3.97. The van der Waals surface area contributed by atoms with Crippen LogP contribution in [0, 0.1) is 13.8 Å². The minimum absolute atomic E-state index is 0.322. The van der Waals surface area contributed by atoms with Gasteiger partial charge in [-0.05, 0) is 43.2 Å². The predicted molar refractivity (Wildman–Crippen MR) is 76.2 cm³/mol. The number of fused-ring (bicyclic) bond motifs is 1. The van der Waals surface area contributed by atoms with Crippen LogP contribution in [0.15, 0.2) is 36.4 Å². The lowest BCUT2D eigenvalue weighted by atomic mass is 10.1. The molecule has 0 atom stereocenters. The lowest BCUT2D eigenvalue weighted by Crippen LogP contribution is -1.78. The fourth-order valence-corrected chi connectivity index (χ4v) is 2.96. The van der Waals surface area contributed by atoms with Crippen molar-refractivity contribution in [2.75, 3.05) is 0 Å². The van der Waals surface area contributed by atoms with Gasteiger partial charge in [0.05, 0.1) is 10.2 Å². The zero-order chi connectivity index (χ0) is 12.7. The Labute approximate surface area is 110 Å². The smallest absolute Gasteiger partial charge is 0.124 e. The van der Waals surface area contributed by atoms with Crippen LogP contribution in [0.4, 0.5) is 0 Å². The number of aryl methyl sites for hydroxylation is 2. The monoisotopic (exact) mass is 255 g/mol. The van der Waals surface area contributed by atoms with Crippen molar-refractivity contribution < 1.29 is 5.11 Å². The van der Waals surface area contributed by atoms with Crippen LogP contribution >= 0.6 is 11.3 Å². The molecule has 0 fully saturated rings. The highest BCUT2D eigenvalue weighted by Crippen LogP contribution is 2.32. The fourth-order valence-electron chi connectivity index (χ4n) is 1.90. The van der Waals surface area contributed by atoms with Gasteiger partial charge in [0, 0.05) is 5.56 Å². The van der Waals surface area contributed by atoms with Gasteiger partial charge >= 0.3 is 0 Å². The molecule has 0 unspecified atom stereocenters. The molecule has 90 valence electrons. The van der Waals surface area contributed by atoms with Crippen LogP contribution in [0.2, 0.25) is 0 Å². The van der Waals surface area contributed by atoms with E-state index < -0.39 is 0 Å². The number of thiazole rings is 1. The molecule has 0 spiro atoms.